The van der Waals surface area contributed by atoms with Gasteiger partial charge in [-0.15, -0.1) is 0 Å². The number of likely N-dealkylation sites (tertiary alicyclic amines) is 1. The molecule has 0 radical (unpaired) electrons. The van der Waals surface area contributed by atoms with Crippen molar-refractivity contribution in [1.82, 2.24) is 9.80 Å². The van der Waals surface area contributed by atoms with Gasteiger partial charge in [-0.25, -0.2) is 0 Å². The topological polar surface area (TPSA) is 96.4 Å². The van der Waals surface area contributed by atoms with Crippen LogP contribution in [0.25, 0.3) is 0 Å². The Hall–Kier alpha value is -2.97. The molecule has 5 rings (SSSR count). The highest BCUT2D eigenvalue weighted by atomic mass is 16.6. The van der Waals surface area contributed by atoms with Crippen molar-refractivity contribution in [3.8, 4) is 0 Å². The van der Waals surface area contributed by atoms with Crippen molar-refractivity contribution in [2.24, 2.45) is 11.8 Å². The molecule has 1 unspecified atom stereocenters. The number of fused-ring (bicyclic) bond motifs is 2. The molecule has 0 aliphatic carbocycles. The molecule has 2 saturated heterocycles. The number of aliphatic hydroxyl groups is 1. The van der Waals surface area contributed by atoms with E-state index in [1.54, 1.807) is 4.90 Å². The summed E-state index contributed by atoms with van der Waals surface area (Å²) < 4.78 is 12.7. The molecule has 0 bridgehead atoms. The van der Waals surface area contributed by atoms with Crippen LogP contribution in [-0.2, 0) is 23.9 Å². The van der Waals surface area contributed by atoms with Crippen LogP contribution in [0, 0.1) is 11.8 Å². The summed E-state index contributed by atoms with van der Waals surface area (Å²) in [5, 5.41) is 10.6. The van der Waals surface area contributed by atoms with Gasteiger partial charge in [-0.3, -0.25) is 14.4 Å². The SMILES string of the molecule is CC[C@]12/C=C\CCCCOC(=O)[C@H]1[C@H]1C(=O)N([C@H](CO)c3ccccc3)C3C(=O)N(C(C)C)CC=C[C@@]31O2. The summed E-state index contributed by atoms with van der Waals surface area (Å²) in [4.78, 5) is 45.8. The lowest BCUT2D eigenvalue weighted by Gasteiger charge is -2.41. The number of rotatable bonds is 5. The highest BCUT2D eigenvalue weighted by Crippen LogP contribution is 2.59. The highest BCUT2D eigenvalue weighted by molar-refractivity contribution is 5.99. The largest absolute Gasteiger partial charge is 0.465 e. The molecule has 1 aromatic rings. The van der Waals surface area contributed by atoms with Crippen molar-refractivity contribution < 1.29 is 29.0 Å². The second kappa shape index (κ2) is 10.3. The fourth-order valence-electron chi connectivity index (χ4n) is 6.82. The number of ether oxygens (including phenoxy) is 2. The lowest BCUT2D eigenvalue weighted by Crippen LogP contribution is -2.58. The van der Waals surface area contributed by atoms with Crippen molar-refractivity contribution in [2.45, 2.75) is 75.8 Å². The summed E-state index contributed by atoms with van der Waals surface area (Å²) in [6.45, 7) is 6.09. The van der Waals surface area contributed by atoms with E-state index in [1.165, 1.54) is 4.90 Å². The fourth-order valence-corrected chi connectivity index (χ4v) is 6.82. The Bertz CT molecular complexity index is 1130. The number of carbonyl (C=O) groups excluding carboxylic acids is 3. The monoisotopic (exact) mass is 522 g/mol. The fraction of sp³-hybridized carbons (Fsp3) is 0.567. The van der Waals surface area contributed by atoms with Gasteiger partial charge >= 0.3 is 5.97 Å². The van der Waals surface area contributed by atoms with Crippen molar-refractivity contribution >= 4 is 17.8 Å². The second-order valence-corrected chi connectivity index (χ2v) is 11.0. The minimum Gasteiger partial charge on any atom is -0.465 e. The number of benzene rings is 1. The zero-order valence-electron chi connectivity index (χ0n) is 22.4. The Morgan fingerprint density at radius 3 is 2.47 bits per heavy atom. The van der Waals surface area contributed by atoms with Gasteiger partial charge in [0, 0.05) is 12.6 Å². The van der Waals surface area contributed by atoms with Gasteiger partial charge in [0.05, 0.1) is 25.2 Å². The number of allylic oxidation sites excluding steroid dienone is 1. The number of amides is 2. The van der Waals surface area contributed by atoms with Crippen LogP contribution in [0.2, 0.25) is 0 Å². The summed E-state index contributed by atoms with van der Waals surface area (Å²) in [5.41, 5.74) is -1.75. The maximum atomic E-state index is 14.6. The molecule has 38 heavy (non-hydrogen) atoms. The summed E-state index contributed by atoms with van der Waals surface area (Å²) in [6, 6.07) is 7.29. The molecule has 8 heteroatoms. The van der Waals surface area contributed by atoms with E-state index in [2.05, 4.69) is 0 Å². The Morgan fingerprint density at radius 1 is 1.03 bits per heavy atom. The molecule has 6 atom stereocenters. The number of hydrogen-bond acceptors (Lipinski definition) is 6. The molecule has 0 saturated carbocycles. The van der Waals surface area contributed by atoms with Crippen molar-refractivity contribution in [1.29, 1.82) is 0 Å². The molecule has 204 valence electrons. The Kier molecular flexibility index (Phi) is 7.22. The van der Waals surface area contributed by atoms with Gasteiger partial charge in [-0.1, -0.05) is 61.6 Å². The molecule has 0 aromatic heterocycles. The summed E-state index contributed by atoms with van der Waals surface area (Å²) in [5.74, 6) is -2.97. The summed E-state index contributed by atoms with van der Waals surface area (Å²) in [7, 11) is 0. The Morgan fingerprint density at radius 2 is 1.79 bits per heavy atom. The van der Waals surface area contributed by atoms with Crippen LogP contribution in [0.5, 0.6) is 0 Å². The maximum absolute atomic E-state index is 14.6. The summed E-state index contributed by atoms with van der Waals surface area (Å²) >= 11 is 0. The number of carbonyl (C=O) groups is 3. The van der Waals surface area contributed by atoms with E-state index in [-0.39, 0.29) is 31.1 Å². The molecule has 8 nitrogen and oxygen atoms in total. The van der Waals surface area contributed by atoms with Gasteiger partial charge < -0.3 is 24.4 Å². The van der Waals surface area contributed by atoms with E-state index in [0.717, 1.165) is 19.3 Å². The zero-order chi connectivity index (χ0) is 27.1. The third-order valence-electron chi connectivity index (χ3n) is 8.67. The van der Waals surface area contributed by atoms with Crippen molar-refractivity contribution in [2.75, 3.05) is 19.8 Å². The molecule has 4 heterocycles. The first-order chi connectivity index (χ1) is 18.3. The molecule has 1 aromatic carbocycles. The van der Waals surface area contributed by atoms with Crippen LogP contribution in [-0.4, -0.2) is 75.7 Å². The van der Waals surface area contributed by atoms with E-state index in [1.807, 2.05) is 75.4 Å². The minimum atomic E-state index is -1.38. The van der Waals surface area contributed by atoms with Crippen molar-refractivity contribution in [3.05, 3.63) is 60.2 Å². The zero-order valence-corrected chi connectivity index (χ0v) is 22.4. The highest BCUT2D eigenvalue weighted by Gasteiger charge is 2.76. The lowest BCUT2D eigenvalue weighted by molar-refractivity contribution is -0.163. The third-order valence-corrected chi connectivity index (χ3v) is 8.67. The van der Waals surface area contributed by atoms with Crippen LogP contribution in [0.1, 0.15) is 58.1 Å². The van der Waals surface area contributed by atoms with E-state index < -0.39 is 41.1 Å². The second-order valence-electron chi connectivity index (χ2n) is 11.0. The van der Waals surface area contributed by atoms with Crippen LogP contribution in [0.3, 0.4) is 0 Å². The van der Waals surface area contributed by atoms with Gasteiger partial charge in [0.15, 0.2) is 0 Å². The van der Waals surface area contributed by atoms with Crippen LogP contribution in [0.4, 0.5) is 0 Å². The number of cyclic esters (lactones) is 1. The van der Waals surface area contributed by atoms with Crippen LogP contribution in [0.15, 0.2) is 54.6 Å². The van der Waals surface area contributed by atoms with Gasteiger partial charge in [-0.05, 0) is 45.1 Å². The Balaban J connectivity index is 1.72. The molecular formula is C30H38N2O6. The van der Waals surface area contributed by atoms with Gasteiger partial charge in [0.1, 0.15) is 23.2 Å². The van der Waals surface area contributed by atoms with Crippen LogP contribution >= 0.6 is 0 Å². The summed E-state index contributed by atoms with van der Waals surface area (Å²) in [6.07, 6.45) is 10.6. The molecule has 1 spiro atoms. The van der Waals surface area contributed by atoms with E-state index >= 15 is 0 Å². The van der Waals surface area contributed by atoms with Crippen molar-refractivity contribution in [3.63, 3.8) is 0 Å². The first-order valence-corrected chi connectivity index (χ1v) is 13.8. The predicted octanol–water partition coefficient (Wildman–Crippen LogP) is 3.17. The van der Waals surface area contributed by atoms with Gasteiger partial charge in [-0.2, -0.15) is 0 Å². The number of nitrogens with zero attached hydrogens (tertiary/aromatic N) is 2. The van der Waals surface area contributed by atoms with E-state index in [9.17, 15) is 19.5 Å². The number of aliphatic hydroxyl groups excluding tert-OH is 1. The normalized spacial score (nSPS) is 34.9. The molecular weight excluding hydrogens is 484 g/mol. The standard InChI is InChI=1S/C30H38N2O6/c1-4-29-15-10-5-6-11-18-37-28(36)24(29)23-26(34)32(22(19-33)21-13-8-7-9-14-21)25-27(35)31(20(2)3)17-12-16-30(23,25)38-29/h7-10,12-16,20,22-25,33H,4-6,11,17-19H2,1-3H3/b15-10-/t22-,23+,24-,25?,29+,30+/m1/s1. The average molecular weight is 523 g/mol. The minimum absolute atomic E-state index is 0.116. The van der Waals surface area contributed by atoms with E-state index in [4.69, 9.17) is 9.47 Å². The quantitative estimate of drug-likeness (QED) is 0.472. The molecule has 4 aliphatic rings. The maximum Gasteiger partial charge on any atom is 0.313 e. The lowest BCUT2D eigenvalue weighted by atomic mass is 9.73. The third kappa shape index (κ3) is 4.00. The van der Waals surface area contributed by atoms with Gasteiger partial charge in [0.25, 0.3) is 0 Å². The molecule has 2 fully saturated rings. The Labute approximate surface area is 224 Å². The smallest absolute Gasteiger partial charge is 0.313 e. The first-order valence-electron chi connectivity index (χ1n) is 13.8. The van der Waals surface area contributed by atoms with Crippen LogP contribution < -0.4 is 0 Å². The van der Waals surface area contributed by atoms with E-state index in [0.29, 0.717) is 18.5 Å². The first kappa shape index (κ1) is 26.6. The predicted molar refractivity (Wildman–Crippen MR) is 141 cm³/mol. The number of hydrogen-bond donors (Lipinski definition) is 1. The van der Waals surface area contributed by atoms with Gasteiger partial charge in [0.2, 0.25) is 11.8 Å². The average Bonchev–Trinajstić information content (AvgIpc) is 3.26. The molecule has 1 N–H and O–H groups in total. The molecule has 4 aliphatic heterocycles. The number of esters is 1. The molecule has 2 amide bonds.